The van der Waals surface area contributed by atoms with E-state index in [9.17, 15) is 34.2 Å². The fourth-order valence-electron chi connectivity index (χ4n) is 3.43. The number of carbonyl (C=O) groups excluding carboxylic acids is 1. The maximum atomic E-state index is 13.5. The van der Waals surface area contributed by atoms with Crippen molar-refractivity contribution in [1.82, 2.24) is 14.6 Å². The Bertz CT molecular complexity index is 1360. The smallest absolute Gasteiger partial charge is 0.459 e. The predicted octanol–water partition coefficient (Wildman–Crippen LogP) is 1.81. The van der Waals surface area contributed by atoms with Gasteiger partial charge in [0.05, 0.1) is 30.3 Å². The summed E-state index contributed by atoms with van der Waals surface area (Å²) in [5.74, 6) is -0.842. The SMILES string of the molecule is COC(=O)[C@H](C)NP(=O)(OCC1O[C@@H](n2cc(/C=C/Br)c(=O)[nH]c2=O)C[C@H]1O)Oc1ccc([N+](=O)[O-])cc1. The number of ether oxygens (including phenoxy) is 2. The lowest BCUT2D eigenvalue weighted by molar-refractivity contribution is -0.384. The van der Waals surface area contributed by atoms with Gasteiger partial charge < -0.3 is 19.1 Å². The zero-order valence-electron chi connectivity index (χ0n) is 20.0. The van der Waals surface area contributed by atoms with E-state index < -0.39 is 61.0 Å². The summed E-state index contributed by atoms with van der Waals surface area (Å²) in [7, 11) is -3.22. The van der Waals surface area contributed by atoms with Crippen LogP contribution in [0.5, 0.6) is 5.75 Å². The standard InChI is InChI=1S/C21H24BrN4O11P/c1-12(20(29)34-2)24-38(33,37-15-5-3-14(4-6-15)26(31)32)35-11-17-16(27)9-18(36-17)25-10-13(7-8-22)19(28)23-21(25)30/h3-8,10,12,16-18,27H,9,11H2,1-2H3,(H,24,33)(H,23,28,30)/b8-7+/t12-,16+,17?,18+,38?/m0/s1. The molecule has 2 aromatic rings. The van der Waals surface area contributed by atoms with E-state index in [1.165, 1.54) is 36.3 Å². The molecule has 0 saturated carbocycles. The molecule has 1 saturated heterocycles. The first-order valence-electron chi connectivity index (χ1n) is 11.0. The highest BCUT2D eigenvalue weighted by atomic mass is 79.9. The molecular weight excluding hydrogens is 595 g/mol. The van der Waals surface area contributed by atoms with Crippen molar-refractivity contribution in [2.75, 3.05) is 13.7 Å². The first kappa shape index (κ1) is 29.4. The molecule has 15 nitrogen and oxygen atoms in total. The molecule has 0 bridgehead atoms. The van der Waals surface area contributed by atoms with Crippen LogP contribution in [0.2, 0.25) is 0 Å². The number of benzene rings is 1. The number of nitro groups is 1. The first-order valence-corrected chi connectivity index (χ1v) is 13.4. The van der Waals surface area contributed by atoms with Crippen LogP contribution in [-0.2, 0) is 23.4 Å². The third-order valence-electron chi connectivity index (χ3n) is 5.34. The van der Waals surface area contributed by atoms with Gasteiger partial charge in [0, 0.05) is 24.8 Å². The number of aromatic amines is 1. The quantitative estimate of drug-likeness (QED) is 0.143. The van der Waals surface area contributed by atoms with Gasteiger partial charge in [-0.2, -0.15) is 5.09 Å². The minimum absolute atomic E-state index is 0.0586. The number of nitrogens with one attached hydrogen (secondary N) is 2. The van der Waals surface area contributed by atoms with Gasteiger partial charge in [-0.1, -0.05) is 15.9 Å². The lowest BCUT2D eigenvalue weighted by atomic mass is 10.2. The van der Waals surface area contributed by atoms with Gasteiger partial charge in [-0.05, 0) is 30.1 Å². The normalized spacial score (nSPS) is 21.6. The number of aromatic nitrogens is 2. The molecule has 0 amide bonds. The Labute approximate surface area is 223 Å². The number of esters is 1. The van der Waals surface area contributed by atoms with Crippen LogP contribution in [0, 0.1) is 10.1 Å². The highest BCUT2D eigenvalue weighted by molar-refractivity contribution is 9.11. The van der Waals surface area contributed by atoms with E-state index in [-0.39, 0.29) is 23.4 Å². The van der Waals surface area contributed by atoms with Crippen molar-refractivity contribution in [3.63, 3.8) is 0 Å². The van der Waals surface area contributed by atoms with Crippen molar-refractivity contribution < 1.29 is 37.9 Å². The van der Waals surface area contributed by atoms with Crippen LogP contribution in [-0.4, -0.2) is 57.5 Å². The summed E-state index contributed by atoms with van der Waals surface area (Å²) in [6.07, 6.45) is -0.612. The number of carbonyl (C=O) groups is 1. The van der Waals surface area contributed by atoms with Gasteiger partial charge >= 0.3 is 19.4 Å². The molecule has 1 fully saturated rings. The number of H-pyrrole nitrogens is 1. The lowest BCUT2D eigenvalue weighted by Crippen LogP contribution is -2.36. The van der Waals surface area contributed by atoms with Crippen LogP contribution in [0.15, 0.2) is 45.0 Å². The Morgan fingerprint density at radius 3 is 2.71 bits per heavy atom. The summed E-state index contributed by atoms with van der Waals surface area (Å²) < 4.78 is 35.8. The van der Waals surface area contributed by atoms with Crippen molar-refractivity contribution >= 4 is 41.4 Å². The molecule has 0 radical (unpaired) electrons. The Morgan fingerprint density at radius 1 is 1.42 bits per heavy atom. The molecule has 5 atom stereocenters. The van der Waals surface area contributed by atoms with E-state index in [2.05, 4.69) is 30.7 Å². The Balaban J connectivity index is 1.78. The molecule has 17 heteroatoms. The molecule has 206 valence electrons. The molecule has 1 aromatic carbocycles. The fourth-order valence-corrected chi connectivity index (χ4v) is 5.22. The highest BCUT2D eigenvalue weighted by Crippen LogP contribution is 2.46. The predicted molar refractivity (Wildman–Crippen MR) is 136 cm³/mol. The van der Waals surface area contributed by atoms with Crippen molar-refractivity contribution in [3.05, 3.63) is 72.0 Å². The largest absolute Gasteiger partial charge is 0.468 e. The maximum Gasteiger partial charge on any atom is 0.459 e. The Morgan fingerprint density at radius 2 is 2.11 bits per heavy atom. The minimum Gasteiger partial charge on any atom is -0.468 e. The summed E-state index contributed by atoms with van der Waals surface area (Å²) in [5, 5.41) is 23.8. The molecule has 1 aliphatic rings. The maximum absolute atomic E-state index is 13.5. The van der Waals surface area contributed by atoms with E-state index in [0.29, 0.717) is 0 Å². The Kier molecular flexibility index (Phi) is 9.76. The summed E-state index contributed by atoms with van der Waals surface area (Å²) in [6, 6.07) is 3.48. The van der Waals surface area contributed by atoms with Crippen LogP contribution >= 0.6 is 23.7 Å². The monoisotopic (exact) mass is 618 g/mol. The van der Waals surface area contributed by atoms with Crippen LogP contribution in [0.25, 0.3) is 6.08 Å². The van der Waals surface area contributed by atoms with E-state index in [1.807, 2.05) is 0 Å². The second-order valence-electron chi connectivity index (χ2n) is 7.99. The number of methoxy groups -OCH3 is 1. The van der Waals surface area contributed by atoms with Crippen molar-refractivity contribution in [1.29, 1.82) is 0 Å². The number of aliphatic hydroxyl groups excluding tert-OH is 1. The molecule has 1 aromatic heterocycles. The fraction of sp³-hybridized carbons (Fsp3) is 0.381. The van der Waals surface area contributed by atoms with Gasteiger partial charge in [-0.15, -0.1) is 0 Å². The van der Waals surface area contributed by atoms with E-state index in [0.717, 1.165) is 23.8 Å². The molecule has 38 heavy (non-hydrogen) atoms. The zero-order chi connectivity index (χ0) is 28.0. The highest BCUT2D eigenvalue weighted by Gasteiger charge is 2.39. The van der Waals surface area contributed by atoms with Gasteiger partial charge in [-0.3, -0.25) is 33.8 Å². The second kappa shape index (κ2) is 12.6. The minimum atomic E-state index is -4.35. The Hall–Kier alpha value is -3.14. The average molecular weight is 619 g/mol. The molecule has 3 rings (SSSR count). The summed E-state index contributed by atoms with van der Waals surface area (Å²) in [5.41, 5.74) is -1.46. The average Bonchev–Trinajstić information content (AvgIpc) is 3.24. The number of aliphatic hydroxyl groups is 1. The molecule has 0 aliphatic carbocycles. The summed E-state index contributed by atoms with van der Waals surface area (Å²) in [4.78, 5) is 50.0. The van der Waals surface area contributed by atoms with Crippen molar-refractivity contribution in [2.45, 2.75) is 37.8 Å². The van der Waals surface area contributed by atoms with E-state index >= 15 is 0 Å². The second-order valence-corrected chi connectivity index (χ2v) is 10.2. The van der Waals surface area contributed by atoms with Gasteiger partial charge in [0.25, 0.3) is 11.2 Å². The summed E-state index contributed by atoms with van der Waals surface area (Å²) in [6.45, 7) is 0.842. The number of rotatable bonds is 11. The van der Waals surface area contributed by atoms with Gasteiger partial charge in [0.2, 0.25) is 0 Å². The molecule has 0 spiro atoms. The first-order chi connectivity index (χ1) is 18.0. The van der Waals surface area contributed by atoms with Gasteiger partial charge in [0.15, 0.2) is 0 Å². The number of non-ortho nitro benzene ring substituents is 1. The topological polar surface area (TPSA) is 201 Å². The molecule has 2 heterocycles. The third kappa shape index (κ3) is 7.24. The van der Waals surface area contributed by atoms with Crippen LogP contribution in [0.1, 0.15) is 25.1 Å². The van der Waals surface area contributed by atoms with Crippen LogP contribution in [0.3, 0.4) is 0 Å². The van der Waals surface area contributed by atoms with Gasteiger partial charge in [0.1, 0.15) is 24.1 Å². The number of hydrogen-bond acceptors (Lipinski definition) is 11. The number of nitro benzene ring substituents is 1. The molecule has 2 unspecified atom stereocenters. The third-order valence-corrected chi connectivity index (χ3v) is 7.25. The van der Waals surface area contributed by atoms with Crippen LogP contribution in [0.4, 0.5) is 5.69 Å². The van der Waals surface area contributed by atoms with Gasteiger partial charge in [-0.25, -0.2) is 9.36 Å². The molecule has 1 aliphatic heterocycles. The number of nitrogens with zero attached hydrogens (tertiary/aromatic N) is 2. The number of hydrogen-bond donors (Lipinski definition) is 3. The van der Waals surface area contributed by atoms with Crippen LogP contribution < -0.4 is 20.9 Å². The lowest BCUT2D eigenvalue weighted by Gasteiger charge is -2.24. The molecular formula is C21H24BrN4O11P. The van der Waals surface area contributed by atoms with E-state index in [1.54, 1.807) is 0 Å². The zero-order valence-corrected chi connectivity index (χ0v) is 22.5. The van der Waals surface area contributed by atoms with E-state index in [4.69, 9.17) is 13.8 Å². The summed E-state index contributed by atoms with van der Waals surface area (Å²) >= 11 is 3.06. The van der Waals surface area contributed by atoms with Crippen molar-refractivity contribution in [2.24, 2.45) is 0 Å². The number of halogens is 1. The van der Waals surface area contributed by atoms with Crippen molar-refractivity contribution in [3.8, 4) is 5.75 Å². The molecule has 3 N–H and O–H groups in total.